The van der Waals surface area contributed by atoms with Crippen LogP contribution in [-0.4, -0.2) is 35.8 Å². The lowest BCUT2D eigenvalue weighted by Crippen LogP contribution is -2.46. The second-order valence-corrected chi connectivity index (χ2v) is 7.71. The van der Waals surface area contributed by atoms with Crippen molar-refractivity contribution in [3.63, 3.8) is 0 Å². The topological polar surface area (TPSA) is 71.8 Å². The van der Waals surface area contributed by atoms with E-state index in [0.29, 0.717) is 37.1 Å². The van der Waals surface area contributed by atoms with E-state index in [1.807, 2.05) is 0 Å². The van der Waals surface area contributed by atoms with Crippen molar-refractivity contribution in [3.05, 3.63) is 83.8 Å². The van der Waals surface area contributed by atoms with Crippen molar-refractivity contribution in [2.75, 3.05) is 13.1 Å². The molecule has 172 valence electrons. The fraction of sp³-hybridized carbons (Fsp3) is 0.250. The van der Waals surface area contributed by atoms with Gasteiger partial charge in [0.1, 0.15) is 17.8 Å². The monoisotopic (exact) mass is 458 g/mol. The Morgan fingerprint density at radius 3 is 2.33 bits per heavy atom. The molecule has 0 bridgehead atoms. The van der Waals surface area contributed by atoms with Gasteiger partial charge in [-0.15, -0.1) is 0 Å². The van der Waals surface area contributed by atoms with E-state index in [0.717, 1.165) is 12.1 Å². The molecule has 33 heavy (non-hydrogen) atoms. The van der Waals surface area contributed by atoms with E-state index in [1.165, 1.54) is 30.7 Å². The van der Waals surface area contributed by atoms with Crippen molar-refractivity contribution < 1.29 is 31.9 Å². The molecule has 1 N–H and O–H groups in total. The molecule has 0 spiro atoms. The molecule has 0 unspecified atom stereocenters. The van der Waals surface area contributed by atoms with Gasteiger partial charge in [-0.05, 0) is 55.3 Å². The fourth-order valence-corrected chi connectivity index (χ4v) is 3.64. The molecule has 9 heteroatoms. The predicted molar refractivity (Wildman–Crippen MR) is 113 cm³/mol. The smallest absolute Gasteiger partial charge is 0.416 e. The highest BCUT2D eigenvalue weighted by Crippen LogP contribution is 2.32. The number of carbonyl (C=O) groups excluding carboxylic acids is 2. The summed E-state index contributed by atoms with van der Waals surface area (Å²) in [5.74, 6) is -0.142. The zero-order valence-corrected chi connectivity index (χ0v) is 17.5. The molecule has 1 aliphatic heterocycles. The SMILES string of the molecule is O=C(NC1CCN(C(=O)c2ccoc2)CC1)c1cccc(Oc2cccc(C(F)(F)F)c2)c1. The van der Waals surface area contributed by atoms with Crippen LogP contribution in [0.2, 0.25) is 0 Å². The summed E-state index contributed by atoms with van der Waals surface area (Å²) in [5.41, 5.74) is 0.0120. The summed E-state index contributed by atoms with van der Waals surface area (Å²) in [6.07, 6.45) is -0.402. The average molecular weight is 458 g/mol. The number of furan rings is 1. The first-order valence-corrected chi connectivity index (χ1v) is 10.4. The molecule has 1 aliphatic rings. The molecule has 2 aromatic carbocycles. The molecule has 1 saturated heterocycles. The normalized spacial score (nSPS) is 14.7. The summed E-state index contributed by atoms with van der Waals surface area (Å²) in [6, 6.07) is 12.3. The zero-order chi connectivity index (χ0) is 23.4. The maximum Gasteiger partial charge on any atom is 0.416 e. The Morgan fingerprint density at radius 2 is 1.67 bits per heavy atom. The third-order valence-electron chi connectivity index (χ3n) is 5.38. The van der Waals surface area contributed by atoms with Crippen molar-refractivity contribution in [1.29, 1.82) is 0 Å². The van der Waals surface area contributed by atoms with E-state index in [2.05, 4.69) is 5.32 Å². The maximum atomic E-state index is 12.9. The Labute approximate surface area is 187 Å². The first kappa shape index (κ1) is 22.4. The number of rotatable bonds is 5. The maximum absolute atomic E-state index is 12.9. The highest BCUT2D eigenvalue weighted by atomic mass is 19.4. The lowest BCUT2D eigenvalue weighted by Gasteiger charge is -2.32. The van der Waals surface area contributed by atoms with E-state index in [1.54, 1.807) is 29.2 Å². The summed E-state index contributed by atoms with van der Waals surface area (Å²) < 4.78 is 49.2. The number of nitrogens with one attached hydrogen (secondary N) is 1. The number of ether oxygens (including phenoxy) is 1. The van der Waals surface area contributed by atoms with Gasteiger partial charge in [-0.25, -0.2) is 0 Å². The van der Waals surface area contributed by atoms with Gasteiger partial charge in [0, 0.05) is 24.7 Å². The van der Waals surface area contributed by atoms with Crippen LogP contribution in [-0.2, 0) is 6.18 Å². The number of nitrogens with zero attached hydrogens (tertiary/aromatic N) is 1. The highest BCUT2D eigenvalue weighted by molar-refractivity contribution is 5.95. The van der Waals surface area contributed by atoms with Crippen LogP contribution in [0.5, 0.6) is 11.5 Å². The number of piperidine rings is 1. The average Bonchev–Trinajstić information content (AvgIpc) is 3.34. The minimum absolute atomic E-state index is 0.0250. The first-order valence-electron chi connectivity index (χ1n) is 10.4. The van der Waals surface area contributed by atoms with Crippen LogP contribution in [0.1, 0.15) is 39.1 Å². The molecule has 2 amide bonds. The van der Waals surface area contributed by atoms with E-state index in [-0.39, 0.29) is 29.4 Å². The molecular weight excluding hydrogens is 437 g/mol. The Kier molecular flexibility index (Phi) is 6.39. The van der Waals surface area contributed by atoms with Crippen molar-refractivity contribution >= 4 is 11.8 Å². The van der Waals surface area contributed by atoms with Gasteiger partial charge in [0.05, 0.1) is 17.4 Å². The number of alkyl halides is 3. The molecule has 6 nitrogen and oxygen atoms in total. The van der Waals surface area contributed by atoms with Crippen LogP contribution in [0.3, 0.4) is 0 Å². The zero-order valence-electron chi connectivity index (χ0n) is 17.5. The third kappa shape index (κ3) is 5.54. The molecule has 0 atom stereocenters. The number of benzene rings is 2. The van der Waals surface area contributed by atoms with Crippen LogP contribution < -0.4 is 10.1 Å². The Morgan fingerprint density at radius 1 is 0.970 bits per heavy atom. The van der Waals surface area contributed by atoms with Crippen LogP contribution in [0.4, 0.5) is 13.2 Å². The van der Waals surface area contributed by atoms with E-state index >= 15 is 0 Å². The van der Waals surface area contributed by atoms with Crippen LogP contribution in [0.25, 0.3) is 0 Å². The Bertz CT molecular complexity index is 1120. The standard InChI is InChI=1S/C24H21F3N2O4/c25-24(26,27)18-4-2-6-21(14-18)33-20-5-1-3-16(13-20)22(30)28-19-7-10-29(11-8-19)23(31)17-9-12-32-15-17/h1-6,9,12-15,19H,7-8,10-11H2,(H,28,30). The Balaban J connectivity index is 1.34. The van der Waals surface area contributed by atoms with E-state index < -0.39 is 11.7 Å². The third-order valence-corrected chi connectivity index (χ3v) is 5.38. The number of hydrogen-bond donors (Lipinski definition) is 1. The number of hydrogen-bond acceptors (Lipinski definition) is 4. The van der Waals surface area contributed by atoms with Gasteiger partial charge in [0.25, 0.3) is 11.8 Å². The van der Waals surface area contributed by atoms with Crippen molar-refractivity contribution in [2.24, 2.45) is 0 Å². The molecule has 0 radical (unpaired) electrons. The second-order valence-electron chi connectivity index (χ2n) is 7.71. The lowest BCUT2D eigenvalue weighted by atomic mass is 10.0. The van der Waals surface area contributed by atoms with Crippen LogP contribution in [0.15, 0.2) is 71.5 Å². The molecule has 0 aliphatic carbocycles. The van der Waals surface area contributed by atoms with Gasteiger partial charge in [0.15, 0.2) is 0 Å². The van der Waals surface area contributed by atoms with Crippen LogP contribution >= 0.6 is 0 Å². The highest BCUT2D eigenvalue weighted by Gasteiger charge is 2.30. The van der Waals surface area contributed by atoms with E-state index in [4.69, 9.17) is 9.15 Å². The summed E-state index contributed by atoms with van der Waals surface area (Å²) in [7, 11) is 0. The van der Waals surface area contributed by atoms with Crippen molar-refractivity contribution in [3.8, 4) is 11.5 Å². The minimum atomic E-state index is -4.47. The van der Waals surface area contributed by atoms with Crippen molar-refractivity contribution in [2.45, 2.75) is 25.1 Å². The van der Waals surface area contributed by atoms with E-state index in [9.17, 15) is 22.8 Å². The van der Waals surface area contributed by atoms with Gasteiger partial charge in [-0.2, -0.15) is 13.2 Å². The second kappa shape index (κ2) is 9.40. The molecule has 1 aromatic heterocycles. The molecule has 3 aromatic rings. The summed E-state index contributed by atoms with van der Waals surface area (Å²) in [6.45, 7) is 1.02. The quantitative estimate of drug-likeness (QED) is 0.576. The largest absolute Gasteiger partial charge is 0.472 e. The van der Waals surface area contributed by atoms with Gasteiger partial charge in [0.2, 0.25) is 0 Å². The molecular formula is C24H21F3N2O4. The first-order chi connectivity index (χ1) is 15.8. The molecule has 1 fully saturated rings. The number of amides is 2. The van der Waals surface area contributed by atoms with Gasteiger partial charge < -0.3 is 19.4 Å². The molecule has 0 saturated carbocycles. The lowest BCUT2D eigenvalue weighted by molar-refractivity contribution is -0.137. The van der Waals surface area contributed by atoms with Gasteiger partial charge in [-0.3, -0.25) is 9.59 Å². The number of likely N-dealkylation sites (tertiary alicyclic amines) is 1. The summed E-state index contributed by atoms with van der Waals surface area (Å²) in [5, 5.41) is 2.95. The summed E-state index contributed by atoms with van der Waals surface area (Å²) >= 11 is 0. The van der Waals surface area contributed by atoms with Gasteiger partial charge >= 0.3 is 6.18 Å². The summed E-state index contributed by atoms with van der Waals surface area (Å²) in [4.78, 5) is 26.8. The van der Waals surface area contributed by atoms with Crippen LogP contribution in [0, 0.1) is 0 Å². The fourth-order valence-electron chi connectivity index (χ4n) is 3.64. The predicted octanol–water partition coefficient (Wildman–Crippen LogP) is 5.13. The van der Waals surface area contributed by atoms with Crippen molar-refractivity contribution in [1.82, 2.24) is 10.2 Å². The number of carbonyl (C=O) groups is 2. The van der Waals surface area contributed by atoms with Gasteiger partial charge in [-0.1, -0.05) is 12.1 Å². The number of halogens is 3. The molecule has 4 rings (SSSR count). The molecule has 2 heterocycles. The minimum Gasteiger partial charge on any atom is -0.472 e. The Hall–Kier alpha value is -3.75.